The molecule has 0 saturated carbocycles. The van der Waals surface area contributed by atoms with Gasteiger partial charge in [-0.15, -0.1) is 0 Å². The molecule has 0 bridgehead atoms. The Kier molecular flexibility index (Phi) is 4.46. The second kappa shape index (κ2) is 6.75. The van der Waals surface area contributed by atoms with Gasteiger partial charge in [-0.1, -0.05) is 6.92 Å². The molecule has 0 amide bonds. The van der Waals surface area contributed by atoms with Crippen LogP contribution in [0.3, 0.4) is 0 Å². The summed E-state index contributed by atoms with van der Waals surface area (Å²) in [6.45, 7) is 6.93. The molecule has 1 aliphatic carbocycles. The lowest BCUT2D eigenvalue weighted by molar-refractivity contribution is 0.305. The van der Waals surface area contributed by atoms with Crippen molar-refractivity contribution in [1.82, 2.24) is 24.4 Å². The zero-order chi connectivity index (χ0) is 17.4. The zero-order valence-electron chi connectivity index (χ0n) is 15.2. The quantitative estimate of drug-likeness (QED) is 0.925. The van der Waals surface area contributed by atoms with Gasteiger partial charge in [-0.05, 0) is 45.4 Å². The minimum atomic E-state index is -0.0443. The SMILES string of the molecule is CCc1cc(=O)[nH]c(CN2CC[C@H](n3c(C)nc4c3CCCC4)C2)n1. The highest BCUT2D eigenvalue weighted by atomic mass is 16.1. The van der Waals surface area contributed by atoms with Crippen molar-refractivity contribution in [2.24, 2.45) is 0 Å². The van der Waals surface area contributed by atoms with Gasteiger partial charge in [0.2, 0.25) is 0 Å². The van der Waals surface area contributed by atoms with Crippen LogP contribution >= 0.6 is 0 Å². The summed E-state index contributed by atoms with van der Waals surface area (Å²) in [4.78, 5) is 26.5. The fraction of sp³-hybridized carbons (Fsp3) is 0.632. The van der Waals surface area contributed by atoms with E-state index >= 15 is 0 Å². The summed E-state index contributed by atoms with van der Waals surface area (Å²) in [6.07, 6.45) is 6.78. The van der Waals surface area contributed by atoms with Crippen LogP contribution in [0.4, 0.5) is 0 Å². The standard InChI is InChI=1S/C19H27N5O/c1-3-14-10-19(25)22-18(21-14)12-23-9-8-15(11-23)24-13(2)20-16-6-4-5-7-17(16)24/h10,15H,3-9,11-12H2,1-2H3,(H,21,22,25)/t15-/m0/s1. The van der Waals surface area contributed by atoms with Crippen LogP contribution in [0.25, 0.3) is 0 Å². The molecule has 25 heavy (non-hydrogen) atoms. The Morgan fingerprint density at radius 3 is 2.96 bits per heavy atom. The molecule has 2 aliphatic rings. The Labute approximate surface area is 148 Å². The van der Waals surface area contributed by atoms with Crippen molar-refractivity contribution in [3.63, 3.8) is 0 Å². The fourth-order valence-corrected chi connectivity index (χ4v) is 4.38. The van der Waals surface area contributed by atoms with Crippen LogP contribution in [-0.4, -0.2) is 37.5 Å². The van der Waals surface area contributed by atoms with Gasteiger partial charge >= 0.3 is 0 Å². The van der Waals surface area contributed by atoms with E-state index in [9.17, 15) is 4.79 Å². The highest BCUT2D eigenvalue weighted by molar-refractivity contribution is 5.21. The molecular weight excluding hydrogens is 314 g/mol. The highest BCUT2D eigenvalue weighted by Gasteiger charge is 2.29. The van der Waals surface area contributed by atoms with E-state index in [1.807, 2.05) is 6.92 Å². The number of hydrogen-bond acceptors (Lipinski definition) is 4. The van der Waals surface area contributed by atoms with E-state index in [2.05, 4.69) is 26.4 Å². The van der Waals surface area contributed by atoms with E-state index in [4.69, 9.17) is 4.98 Å². The maximum Gasteiger partial charge on any atom is 0.251 e. The summed E-state index contributed by atoms with van der Waals surface area (Å²) >= 11 is 0. The second-order valence-corrected chi connectivity index (χ2v) is 7.34. The predicted octanol–water partition coefficient (Wildman–Crippen LogP) is 2.16. The fourth-order valence-electron chi connectivity index (χ4n) is 4.38. The summed E-state index contributed by atoms with van der Waals surface area (Å²) in [6, 6.07) is 2.09. The van der Waals surface area contributed by atoms with Gasteiger partial charge in [-0.25, -0.2) is 9.97 Å². The molecule has 134 valence electrons. The van der Waals surface area contributed by atoms with Gasteiger partial charge < -0.3 is 9.55 Å². The van der Waals surface area contributed by atoms with Crippen molar-refractivity contribution >= 4 is 0 Å². The van der Waals surface area contributed by atoms with Crippen molar-refractivity contribution in [2.75, 3.05) is 13.1 Å². The number of aromatic amines is 1. The van der Waals surface area contributed by atoms with Crippen LogP contribution in [0.2, 0.25) is 0 Å². The van der Waals surface area contributed by atoms with E-state index in [0.717, 1.165) is 50.4 Å². The van der Waals surface area contributed by atoms with Gasteiger partial charge in [0.1, 0.15) is 11.6 Å². The number of aryl methyl sites for hydroxylation is 3. The number of rotatable bonds is 4. The lowest BCUT2D eigenvalue weighted by Gasteiger charge is -2.21. The Morgan fingerprint density at radius 2 is 2.12 bits per heavy atom. The Bertz CT molecular complexity index is 822. The third-order valence-electron chi connectivity index (χ3n) is 5.54. The minimum Gasteiger partial charge on any atom is -0.328 e. The lowest BCUT2D eigenvalue weighted by Crippen LogP contribution is -2.25. The van der Waals surface area contributed by atoms with Crippen LogP contribution in [-0.2, 0) is 25.8 Å². The first-order chi connectivity index (χ1) is 12.1. The first-order valence-electron chi connectivity index (χ1n) is 9.52. The van der Waals surface area contributed by atoms with Gasteiger partial charge in [-0.3, -0.25) is 9.69 Å². The van der Waals surface area contributed by atoms with E-state index in [-0.39, 0.29) is 5.56 Å². The van der Waals surface area contributed by atoms with E-state index in [1.165, 1.54) is 36.5 Å². The smallest absolute Gasteiger partial charge is 0.251 e. The number of hydrogen-bond donors (Lipinski definition) is 1. The number of aromatic nitrogens is 4. The molecule has 2 aromatic heterocycles. The maximum atomic E-state index is 11.8. The van der Waals surface area contributed by atoms with Crippen molar-refractivity contribution < 1.29 is 0 Å². The number of imidazole rings is 1. The third-order valence-corrected chi connectivity index (χ3v) is 5.54. The molecule has 1 aliphatic heterocycles. The molecule has 6 heteroatoms. The first kappa shape index (κ1) is 16.5. The molecule has 1 N–H and O–H groups in total. The average molecular weight is 341 g/mol. The number of nitrogens with zero attached hydrogens (tertiary/aromatic N) is 4. The van der Waals surface area contributed by atoms with E-state index in [0.29, 0.717) is 6.04 Å². The molecule has 1 atom stereocenters. The molecular formula is C19H27N5O. The molecule has 4 rings (SSSR count). The Morgan fingerprint density at radius 1 is 1.28 bits per heavy atom. The van der Waals surface area contributed by atoms with Gasteiger partial charge in [-0.2, -0.15) is 0 Å². The van der Waals surface area contributed by atoms with Crippen molar-refractivity contribution in [1.29, 1.82) is 0 Å². The highest BCUT2D eigenvalue weighted by Crippen LogP contribution is 2.30. The summed E-state index contributed by atoms with van der Waals surface area (Å²) in [5.74, 6) is 1.95. The van der Waals surface area contributed by atoms with Crippen LogP contribution in [0, 0.1) is 6.92 Å². The average Bonchev–Trinajstić information content (AvgIpc) is 3.17. The van der Waals surface area contributed by atoms with Crippen molar-refractivity contribution in [3.8, 4) is 0 Å². The molecule has 6 nitrogen and oxygen atoms in total. The lowest BCUT2D eigenvalue weighted by atomic mass is 10.0. The van der Waals surface area contributed by atoms with Crippen molar-refractivity contribution in [3.05, 3.63) is 45.2 Å². The maximum absolute atomic E-state index is 11.8. The molecule has 0 unspecified atom stereocenters. The first-order valence-corrected chi connectivity index (χ1v) is 9.52. The molecule has 0 aromatic carbocycles. The number of fused-ring (bicyclic) bond motifs is 1. The van der Waals surface area contributed by atoms with Gasteiger partial charge in [0.25, 0.3) is 5.56 Å². The summed E-state index contributed by atoms with van der Waals surface area (Å²) in [5, 5.41) is 0. The molecule has 3 heterocycles. The molecule has 0 radical (unpaired) electrons. The van der Waals surface area contributed by atoms with Crippen LogP contribution in [0.15, 0.2) is 10.9 Å². The second-order valence-electron chi connectivity index (χ2n) is 7.34. The van der Waals surface area contributed by atoms with Crippen LogP contribution in [0.5, 0.6) is 0 Å². The van der Waals surface area contributed by atoms with Crippen LogP contribution in [0.1, 0.15) is 61.0 Å². The Balaban J connectivity index is 1.50. The Hall–Kier alpha value is -1.95. The minimum absolute atomic E-state index is 0.0443. The zero-order valence-corrected chi connectivity index (χ0v) is 15.2. The van der Waals surface area contributed by atoms with Crippen LogP contribution < -0.4 is 5.56 Å². The van der Waals surface area contributed by atoms with E-state index < -0.39 is 0 Å². The van der Waals surface area contributed by atoms with Gasteiger partial charge in [0, 0.05) is 36.6 Å². The summed E-state index contributed by atoms with van der Waals surface area (Å²) in [5.41, 5.74) is 3.62. The largest absolute Gasteiger partial charge is 0.328 e. The number of H-pyrrole nitrogens is 1. The molecule has 2 aromatic rings. The van der Waals surface area contributed by atoms with Gasteiger partial charge in [0.05, 0.1) is 12.2 Å². The molecule has 0 spiro atoms. The number of likely N-dealkylation sites (tertiary alicyclic amines) is 1. The molecule has 1 saturated heterocycles. The topological polar surface area (TPSA) is 66.8 Å². The number of nitrogens with one attached hydrogen (secondary N) is 1. The third kappa shape index (κ3) is 3.27. The summed E-state index contributed by atoms with van der Waals surface area (Å²) < 4.78 is 2.49. The summed E-state index contributed by atoms with van der Waals surface area (Å²) in [7, 11) is 0. The normalized spacial score (nSPS) is 20.8. The van der Waals surface area contributed by atoms with Crippen molar-refractivity contribution in [2.45, 2.75) is 65.0 Å². The van der Waals surface area contributed by atoms with Gasteiger partial charge in [0.15, 0.2) is 0 Å². The predicted molar refractivity (Wildman–Crippen MR) is 96.8 cm³/mol. The monoisotopic (exact) mass is 341 g/mol. The molecule has 1 fully saturated rings. The van der Waals surface area contributed by atoms with E-state index in [1.54, 1.807) is 6.07 Å².